The third-order valence-corrected chi connectivity index (χ3v) is 3.44. The summed E-state index contributed by atoms with van der Waals surface area (Å²) >= 11 is 0. The first kappa shape index (κ1) is 12.9. The predicted octanol–water partition coefficient (Wildman–Crippen LogP) is 1.22. The summed E-state index contributed by atoms with van der Waals surface area (Å²) in [5.74, 6) is 0.807. The average Bonchev–Trinajstić information content (AvgIpc) is 2.87. The van der Waals surface area contributed by atoms with E-state index in [1.165, 1.54) is 0 Å². The lowest BCUT2D eigenvalue weighted by Gasteiger charge is -2.23. The van der Waals surface area contributed by atoms with Gasteiger partial charge in [-0.1, -0.05) is 18.2 Å². The Morgan fingerprint density at radius 2 is 2.28 bits per heavy atom. The van der Waals surface area contributed by atoms with E-state index in [0.717, 1.165) is 30.7 Å². The third kappa shape index (κ3) is 2.64. The van der Waals surface area contributed by atoms with Crippen molar-refractivity contribution in [2.24, 2.45) is 0 Å². The Bertz CT molecular complexity index is 419. The quantitative estimate of drug-likeness (QED) is 0.873. The number of aliphatic hydroxyl groups excluding tert-OH is 1. The van der Waals surface area contributed by atoms with Crippen LogP contribution in [0, 0.1) is 0 Å². The lowest BCUT2D eigenvalue weighted by molar-refractivity contribution is -0.132. The van der Waals surface area contributed by atoms with E-state index in [4.69, 9.17) is 4.74 Å². The zero-order chi connectivity index (χ0) is 13.0. The zero-order valence-electron chi connectivity index (χ0n) is 10.6. The number of hydrogen-bond acceptors (Lipinski definition) is 3. The van der Waals surface area contributed by atoms with Gasteiger partial charge in [-0.05, 0) is 18.9 Å². The number of carbonyl (C=O) groups excluding carboxylic acids is 1. The summed E-state index contributed by atoms with van der Waals surface area (Å²) in [4.78, 5) is 14.0. The largest absolute Gasteiger partial charge is 0.496 e. The molecule has 98 valence electrons. The molecule has 1 amide bonds. The van der Waals surface area contributed by atoms with Crippen molar-refractivity contribution in [3.05, 3.63) is 29.8 Å². The summed E-state index contributed by atoms with van der Waals surface area (Å²) in [6.07, 6.45) is 2.21. The number of nitrogens with zero attached hydrogens (tertiary/aromatic N) is 1. The van der Waals surface area contributed by atoms with E-state index in [2.05, 4.69) is 0 Å². The van der Waals surface area contributed by atoms with Gasteiger partial charge in [0, 0.05) is 12.1 Å². The van der Waals surface area contributed by atoms with E-state index < -0.39 is 0 Å². The number of aliphatic hydroxyl groups is 1. The van der Waals surface area contributed by atoms with Gasteiger partial charge in [-0.3, -0.25) is 4.79 Å². The Hall–Kier alpha value is -1.55. The average molecular weight is 249 g/mol. The molecule has 0 unspecified atom stereocenters. The molecule has 1 atom stereocenters. The van der Waals surface area contributed by atoms with Crippen molar-refractivity contribution in [3.8, 4) is 5.75 Å². The molecule has 1 heterocycles. The molecule has 0 saturated carbocycles. The van der Waals surface area contributed by atoms with Gasteiger partial charge in [-0.25, -0.2) is 0 Å². The van der Waals surface area contributed by atoms with E-state index in [-0.39, 0.29) is 18.6 Å². The maximum Gasteiger partial charge on any atom is 0.227 e. The van der Waals surface area contributed by atoms with Crippen LogP contribution >= 0.6 is 0 Å². The first-order valence-electron chi connectivity index (χ1n) is 6.28. The Labute approximate surface area is 107 Å². The molecule has 0 bridgehead atoms. The van der Waals surface area contributed by atoms with Crippen LogP contribution < -0.4 is 4.74 Å². The Balaban J connectivity index is 2.07. The molecule has 2 rings (SSSR count). The molecule has 1 aliphatic rings. The summed E-state index contributed by atoms with van der Waals surface area (Å²) in [5.41, 5.74) is 0.897. The highest BCUT2D eigenvalue weighted by atomic mass is 16.5. The second kappa shape index (κ2) is 5.87. The fraction of sp³-hybridized carbons (Fsp3) is 0.500. The number of para-hydroxylation sites is 1. The van der Waals surface area contributed by atoms with Gasteiger partial charge in [0.25, 0.3) is 0 Å². The molecule has 0 aliphatic carbocycles. The highest BCUT2D eigenvalue weighted by Crippen LogP contribution is 2.22. The molecule has 1 aromatic rings. The molecule has 0 radical (unpaired) electrons. The van der Waals surface area contributed by atoms with Crippen molar-refractivity contribution in [2.75, 3.05) is 20.3 Å². The molecular weight excluding hydrogens is 230 g/mol. The van der Waals surface area contributed by atoms with Gasteiger partial charge in [-0.2, -0.15) is 0 Å². The molecule has 1 fully saturated rings. The summed E-state index contributed by atoms with van der Waals surface area (Å²) < 4.78 is 5.24. The number of carbonyl (C=O) groups is 1. The predicted molar refractivity (Wildman–Crippen MR) is 68.5 cm³/mol. The highest BCUT2D eigenvalue weighted by molar-refractivity contribution is 5.80. The molecule has 4 nitrogen and oxygen atoms in total. The normalized spacial score (nSPS) is 19.0. The van der Waals surface area contributed by atoms with Crippen molar-refractivity contribution < 1.29 is 14.6 Å². The number of rotatable bonds is 4. The van der Waals surface area contributed by atoms with Gasteiger partial charge in [0.1, 0.15) is 5.75 Å². The van der Waals surface area contributed by atoms with Crippen molar-refractivity contribution in [3.63, 3.8) is 0 Å². The topological polar surface area (TPSA) is 49.8 Å². The van der Waals surface area contributed by atoms with Gasteiger partial charge in [0.2, 0.25) is 5.91 Å². The van der Waals surface area contributed by atoms with Gasteiger partial charge < -0.3 is 14.7 Å². The van der Waals surface area contributed by atoms with Crippen molar-refractivity contribution in [1.82, 2.24) is 4.90 Å². The van der Waals surface area contributed by atoms with Crippen LogP contribution in [0.5, 0.6) is 5.75 Å². The van der Waals surface area contributed by atoms with Crippen LogP contribution in [0.25, 0.3) is 0 Å². The Kier molecular flexibility index (Phi) is 4.20. The Morgan fingerprint density at radius 3 is 3.00 bits per heavy atom. The standard InChI is InChI=1S/C14H19NO3/c1-18-13-7-3-2-5-11(13)9-14(17)15-8-4-6-12(15)10-16/h2-3,5,7,12,16H,4,6,8-10H2,1H3/t12-/m1/s1. The van der Waals surface area contributed by atoms with Crippen LogP contribution in [0.3, 0.4) is 0 Å². The smallest absolute Gasteiger partial charge is 0.227 e. The van der Waals surface area contributed by atoms with Gasteiger partial charge in [0.05, 0.1) is 26.2 Å². The van der Waals surface area contributed by atoms with Crippen molar-refractivity contribution in [2.45, 2.75) is 25.3 Å². The minimum absolute atomic E-state index is 0.00722. The molecule has 1 aliphatic heterocycles. The van der Waals surface area contributed by atoms with Crippen LogP contribution in [0.2, 0.25) is 0 Å². The van der Waals surface area contributed by atoms with Crippen LogP contribution in [0.4, 0.5) is 0 Å². The molecule has 1 aromatic carbocycles. The number of ether oxygens (including phenoxy) is 1. The SMILES string of the molecule is COc1ccccc1CC(=O)N1CCC[C@@H]1CO. The summed E-state index contributed by atoms with van der Waals surface area (Å²) in [6.45, 7) is 0.802. The fourth-order valence-corrected chi connectivity index (χ4v) is 2.47. The lowest BCUT2D eigenvalue weighted by atomic mass is 10.1. The lowest BCUT2D eigenvalue weighted by Crippen LogP contribution is -2.38. The molecule has 0 spiro atoms. The minimum atomic E-state index is -0.00722. The number of benzene rings is 1. The molecule has 4 heteroatoms. The molecule has 0 aromatic heterocycles. The van der Waals surface area contributed by atoms with Crippen LogP contribution in [-0.2, 0) is 11.2 Å². The molecular formula is C14H19NO3. The summed E-state index contributed by atoms with van der Waals surface area (Å²) in [7, 11) is 1.61. The third-order valence-electron chi connectivity index (χ3n) is 3.44. The zero-order valence-corrected chi connectivity index (χ0v) is 10.6. The first-order chi connectivity index (χ1) is 8.76. The van der Waals surface area contributed by atoms with E-state index in [9.17, 15) is 9.90 Å². The number of methoxy groups -OCH3 is 1. The van der Waals surface area contributed by atoms with Gasteiger partial charge in [-0.15, -0.1) is 0 Å². The van der Waals surface area contributed by atoms with E-state index in [0.29, 0.717) is 6.42 Å². The molecule has 1 saturated heterocycles. The molecule has 18 heavy (non-hydrogen) atoms. The van der Waals surface area contributed by atoms with Gasteiger partial charge >= 0.3 is 0 Å². The van der Waals surface area contributed by atoms with E-state index in [1.54, 1.807) is 12.0 Å². The van der Waals surface area contributed by atoms with Crippen LogP contribution in [-0.4, -0.2) is 42.2 Å². The van der Waals surface area contributed by atoms with Crippen LogP contribution in [0.15, 0.2) is 24.3 Å². The van der Waals surface area contributed by atoms with Crippen molar-refractivity contribution >= 4 is 5.91 Å². The Morgan fingerprint density at radius 1 is 1.50 bits per heavy atom. The second-order valence-electron chi connectivity index (χ2n) is 4.55. The fourth-order valence-electron chi connectivity index (χ4n) is 2.47. The van der Waals surface area contributed by atoms with Crippen LogP contribution in [0.1, 0.15) is 18.4 Å². The van der Waals surface area contributed by atoms with Gasteiger partial charge in [0.15, 0.2) is 0 Å². The minimum Gasteiger partial charge on any atom is -0.496 e. The maximum atomic E-state index is 12.2. The summed E-state index contributed by atoms with van der Waals surface area (Å²) in [5, 5.41) is 9.23. The monoisotopic (exact) mass is 249 g/mol. The summed E-state index contributed by atoms with van der Waals surface area (Å²) in [6, 6.07) is 7.54. The number of hydrogen-bond donors (Lipinski definition) is 1. The second-order valence-corrected chi connectivity index (χ2v) is 4.55. The van der Waals surface area contributed by atoms with Crippen molar-refractivity contribution in [1.29, 1.82) is 0 Å². The highest BCUT2D eigenvalue weighted by Gasteiger charge is 2.28. The number of likely N-dealkylation sites (tertiary alicyclic amines) is 1. The number of amides is 1. The maximum absolute atomic E-state index is 12.2. The van der Waals surface area contributed by atoms with E-state index >= 15 is 0 Å². The first-order valence-corrected chi connectivity index (χ1v) is 6.28. The molecule has 1 N–H and O–H groups in total. The van der Waals surface area contributed by atoms with E-state index in [1.807, 2.05) is 24.3 Å².